The molecule has 2 atom stereocenters. The van der Waals surface area contributed by atoms with Crippen molar-refractivity contribution in [3.8, 4) is 11.1 Å². The van der Waals surface area contributed by atoms with Gasteiger partial charge in [0.2, 0.25) is 0 Å². The summed E-state index contributed by atoms with van der Waals surface area (Å²) in [5.41, 5.74) is 4.18. The molecule has 2 aromatic rings. The summed E-state index contributed by atoms with van der Waals surface area (Å²) in [6, 6.07) is 6.62. The van der Waals surface area contributed by atoms with Crippen LogP contribution in [0.2, 0.25) is 0 Å². The van der Waals surface area contributed by atoms with Crippen LogP contribution in [0.25, 0.3) is 11.1 Å². The predicted octanol–water partition coefficient (Wildman–Crippen LogP) is 0.187. The Hall–Kier alpha value is -1.18. The van der Waals surface area contributed by atoms with E-state index >= 15 is 0 Å². The molecule has 0 aliphatic heterocycles. The van der Waals surface area contributed by atoms with Crippen molar-refractivity contribution in [1.29, 1.82) is 0 Å². The first-order valence-electron chi connectivity index (χ1n) is 10.2. The molecular weight excluding hydrogens is 396 g/mol. The van der Waals surface area contributed by atoms with Crippen molar-refractivity contribution in [1.82, 2.24) is 4.57 Å². The molecule has 5 nitrogen and oxygen atoms in total. The SMILES string of the molecule is CC(C)c1c(CC[C@@H](O)C[C@@H](O)CC(=O)[O-])c(-c2ccc(F)cc2)cn1C(C)C.[Na+]. The fourth-order valence-electron chi connectivity index (χ4n) is 3.81. The average Bonchev–Trinajstić information content (AvgIpc) is 2.99. The number of halogens is 1. The van der Waals surface area contributed by atoms with E-state index in [2.05, 4.69) is 38.5 Å². The topological polar surface area (TPSA) is 85.5 Å². The minimum Gasteiger partial charge on any atom is -0.550 e. The standard InChI is InChI=1S/C23H32FNO4.Na/c1-14(2)23-20(10-9-18(26)11-19(27)12-22(28)29)21(13-25(23)15(3)4)16-5-7-17(24)8-6-16;/h5-8,13-15,18-19,26-27H,9-12H2,1-4H3,(H,28,29);/q;+1/p-1/t18-,19-;/m1./s1. The number of aromatic nitrogens is 1. The first-order chi connectivity index (χ1) is 13.6. The number of nitrogens with zero attached hydrogens (tertiary/aromatic N) is 1. The quantitative estimate of drug-likeness (QED) is 0.530. The van der Waals surface area contributed by atoms with Gasteiger partial charge in [0.1, 0.15) is 5.82 Å². The predicted molar refractivity (Wildman–Crippen MR) is 109 cm³/mol. The molecule has 0 spiro atoms. The zero-order valence-electron chi connectivity index (χ0n) is 18.6. The van der Waals surface area contributed by atoms with Gasteiger partial charge in [-0.1, -0.05) is 26.0 Å². The van der Waals surface area contributed by atoms with Crippen LogP contribution < -0.4 is 34.7 Å². The third kappa shape index (κ3) is 7.20. The van der Waals surface area contributed by atoms with Crippen molar-refractivity contribution in [2.45, 2.75) is 77.5 Å². The summed E-state index contributed by atoms with van der Waals surface area (Å²) in [4.78, 5) is 10.6. The number of hydrogen-bond acceptors (Lipinski definition) is 4. The van der Waals surface area contributed by atoms with Crippen LogP contribution in [-0.4, -0.2) is 33.0 Å². The van der Waals surface area contributed by atoms with Gasteiger partial charge in [0.15, 0.2) is 0 Å². The van der Waals surface area contributed by atoms with Crippen LogP contribution in [0.3, 0.4) is 0 Å². The van der Waals surface area contributed by atoms with Gasteiger partial charge in [-0.2, -0.15) is 0 Å². The maximum absolute atomic E-state index is 13.4. The molecular formula is C23H31FNNaO4. The van der Waals surface area contributed by atoms with Crippen LogP contribution in [0.4, 0.5) is 4.39 Å². The van der Waals surface area contributed by atoms with Gasteiger partial charge in [0, 0.05) is 35.9 Å². The van der Waals surface area contributed by atoms with E-state index in [9.17, 15) is 24.5 Å². The Labute approximate surface area is 200 Å². The fourth-order valence-corrected chi connectivity index (χ4v) is 3.81. The number of rotatable bonds is 10. The smallest absolute Gasteiger partial charge is 0.550 e. The Morgan fingerprint density at radius 1 is 1.10 bits per heavy atom. The second-order valence-corrected chi connectivity index (χ2v) is 8.23. The van der Waals surface area contributed by atoms with Crippen molar-refractivity contribution in [2.75, 3.05) is 0 Å². The van der Waals surface area contributed by atoms with E-state index < -0.39 is 24.6 Å². The second kappa shape index (κ2) is 12.0. The third-order valence-corrected chi connectivity index (χ3v) is 5.11. The van der Waals surface area contributed by atoms with E-state index in [0.29, 0.717) is 12.8 Å². The summed E-state index contributed by atoms with van der Waals surface area (Å²) in [5.74, 6) is -1.37. The molecule has 2 rings (SSSR count). The van der Waals surface area contributed by atoms with Crippen molar-refractivity contribution >= 4 is 5.97 Å². The molecule has 1 aromatic carbocycles. The molecule has 0 saturated heterocycles. The minimum absolute atomic E-state index is 0. The molecule has 0 aliphatic rings. The van der Waals surface area contributed by atoms with Crippen molar-refractivity contribution < 1.29 is 54.1 Å². The van der Waals surface area contributed by atoms with E-state index in [1.165, 1.54) is 17.8 Å². The first kappa shape index (κ1) is 26.9. The molecule has 7 heteroatoms. The molecule has 0 bridgehead atoms. The van der Waals surface area contributed by atoms with E-state index in [0.717, 1.165) is 16.7 Å². The van der Waals surface area contributed by atoms with Crippen LogP contribution in [-0.2, 0) is 11.2 Å². The Morgan fingerprint density at radius 3 is 2.20 bits per heavy atom. The van der Waals surface area contributed by atoms with Crippen molar-refractivity contribution in [2.24, 2.45) is 0 Å². The van der Waals surface area contributed by atoms with E-state index in [4.69, 9.17) is 0 Å². The zero-order chi connectivity index (χ0) is 21.7. The van der Waals surface area contributed by atoms with Crippen LogP contribution in [0, 0.1) is 5.82 Å². The number of aliphatic carboxylic acids is 1. The number of carbonyl (C=O) groups is 1. The molecule has 1 heterocycles. The Kier molecular flexibility index (Phi) is 10.8. The van der Waals surface area contributed by atoms with Crippen LogP contribution in [0.1, 0.15) is 70.2 Å². The van der Waals surface area contributed by atoms with Gasteiger partial charge in [0.05, 0.1) is 12.2 Å². The maximum Gasteiger partial charge on any atom is 1.00 e. The summed E-state index contributed by atoms with van der Waals surface area (Å²) in [7, 11) is 0. The molecule has 0 saturated carbocycles. The number of aliphatic hydroxyl groups excluding tert-OH is 2. The number of carboxylic acid groups (broad SMARTS) is 1. The van der Waals surface area contributed by atoms with E-state index in [-0.39, 0.29) is 53.8 Å². The van der Waals surface area contributed by atoms with Gasteiger partial charge >= 0.3 is 29.6 Å². The Balaban J connectivity index is 0.00000450. The van der Waals surface area contributed by atoms with Crippen LogP contribution in [0.15, 0.2) is 30.5 Å². The van der Waals surface area contributed by atoms with Crippen LogP contribution >= 0.6 is 0 Å². The molecule has 0 unspecified atom stereocenters. The number of aliphatic hydroxyl groups is 2. The van der Waals surface area contributed by atoms with Gasteiger partial charge in [0.25, 0.3) is 0 Å². The Bertz CT molecular complexity index is 817. The van der Waals surface area contributed by atoms with E-state index in [1.807, 2.05) is 0 Å². The molecule has 0 aliphatic carbocycles. The van der Waals surface area contributed by atoms with Crippen molar-refractivity contribution in [3.05, 3.63) is 47.5 Å². The molecule has 0 radical (unpaired) electrons. The number of benzene rings is 1. The number of hydrogen-bond donors (Lipinski definition) is 2. The van der Waals surface area contributed by atoms with Gasteiger partial charge in [-0.3, -0.25) is 0 Å². The second-order valence-electron chi connectivity index (χ2n) is 8.23. The first-order valence-corrected chi connectivity index (χ1v) is 10.2. The summed E-state index contributed by atoms with van der Waals surface area (Å²) < 4.78 is 15.6. The van der Waals surface area contributed by atoms with Crippen molar-refractivity contribution in [3.63, 3.8) is 0 Å². The Morgan fingerprint density at radius 2 is 1.70 bits per heavy atom. The normalized spacial score (nSPS) is 13.4. The summed E-state index contributed by atoms with van der Waals surface area (Å²) in [5, 5.41) is 30.7. The average molecular weight is 427 g/mol. The molecule has 0 fully saturated rings. The van der Waals surface area contributed by atoms with Gasteiger partial charge in [-0.05, 0) is 62.3 Å². The van der Waals surface area contributed by atoms with E-state index in [1.54, 1.807) is 12.1 Å². The van der Waals surface area contributed by atoms with Gasteiger partial charge < -0.3 is 24.7 Å². The summed E-state index contributed by atoms with van der Waals surface area (Å²) in [6.45, 7) is 8.45. The number of carbonyl (C=O) groups excluding carboxylic acids is 1. The third-order valence-electron chi connectivity index (χ3n) is 5.11. The molecule has 30 heavy (non-hydrogen) atoms. The molecule has 0 amide bonds. The molecule has 160 valence electrons. The number of carboxylic acids is 1. The van der Waals surface area contributed by atoms with Crippen LogP contribution in [0.5, 0.6) is 0 Å². The molecule has 2 N–H and O–H groups in total. The summed E-state index contributed by atoms with van der Waals surface area (Å²) >= 11 is 0. The monoisotopic (exact) mass is 427 g/mol. The zero-order valence-corrected chi connectivity index (χ0v) is 20.6. The van der Waals surface area contributed by atoms with Gasteiger partial charge in [-0.25, -0.2) is 4.39 Å². The largest absolute Gasteiger partial charge is 1.00 e. The summed E-state index contributed by atoms with van der Waals surface area (Å²) in [6.07, 6.45) is 0.587. The fraction of sp³-hybridized carbons (Fsp3) is 0.522. The molecule has 1 aromatic heterocycles. The maximum atomic E-state index is 13.4. The minimum atomic E-state index is -1.33. The van der Waals surface area contributed by atoms with Gasteiger partial charge in [-0.15, -0.1) is 0 Å².